The highest BCUT2D eigenvalue weighted by molar-refractivity contribution is 6.64. The van der Waals surface area contributed by atoms with Crippen molar-refractivity contribution >= 4 is 12.6 Å². The Morgan fingerprint density at radius 3 is 2.47 bits per heavy atom. The lowest BCUT2D eigenvalue weighted by molar-refractivity contribution is -0.0191. The summed E-state index contributed by atoms with van der Waals surface area (Å²) in [5.41, 5.74) is 2.54. The molecule has 0 aliphatic carbocycles. The van der Waals surface area contributed by atoms with E-state index in [9.17, 15) is 5.11 Å². The van der Waals surface area contributed by atoms with E-state index in [1.165, 1.54) is 11.1 Å². The molecular formula is C27H44BNO5. The first-order valence-corrected chi connectivity index (χ1v) is 13.1. The number of rotatable bonds is 7. The molecule has 2 saturated heterocycles. The molecule has 2 fully saturated rings. The van der Waals surface area contributed by atoms with Crippen molar-refractivity contribution in [1.29, 1.82) is 0 Å². The zero-order valence-electron chi connectivity index (χ0n) is 22.4. The quantitative estimate of drug-likeness (QED) is 0.602. The molecule has 1 aromatic carbocycles. The highest BCUT2D eigenvalue weighted by Gasteiger charge is 2.54. The molecule has 3 aliphatic heterocycles. The van der Waals surface area contributed by atoms with Crippen LogP contribution in [0.15, 0.2) is 6.07 Å². The van der Waals surface area contributed by atoms with Crippen molar-refractivity contribution in [2.75, 3.05) is 26.8 Å². The topological polar surface area (TPSA) is 60.4 Å². The molecule has 0 saturated carbocycles. The molecule has 0 aromatic heterocycles. The summed E-state index contributed by atoms with van der Waals surface area (Å²) in [6.07, 6.45) is 3.32. The van der Waals surface area contributed by atoms with Gasteiger partial charge in [0.2, 0.25) is 0 Å². The van der Waals surface area contributed by atoms with Crippen molar-refractivity contribution < 1.29 is 23.9 Å². The van der Waals surface area contributed by atoms with E-state index in [-0.39, 0.29) is 12.1 Å². The van der Waals surface area contributed by atoms with Crippen molar-refractivity contribution in [1.82, 2.24) is 4.90 Å². The van der Waals surface area contributed by atoms with Crippen LogP contribution in [0.25, 0.3) is 0 Å². The fourth-order valence-corrected chi connectivity index (χ4v) is 5.79. The lowest BCUT2D eigenvalue weighted by Gasteiger charge is -2.46. The monoisotopic (exact) mass is 473 g/mol. The third-order valence-corrected chi connectivity index (χ3v) is 8.29. The van der Waals surface area contributed by atoms with E-state index in [2.05, 4.69) is 59.4 Å². The van der Waals surface area contributed by atoms with Gasteiger partial charge in [0.25, 0.3) is 0 Å². The first kappa shape index (κ1) is 25.8. The molecule has 3 atom stereocenters. The van der Waals surface area contributed by atoms with Gasteiger partial charge in [-0.25, -0.2) is 0 Å². The molecule has 3 heterocycles. The highest BCUT2D eigenvalue weighted by atomic mass is 16.7. The molecule has 6 nitrogen and oxygen atoms in total. The Hall–Kier alpha value is -1.28. The zero-order valence-corrected chi connectivity index (χ0v) is 22.4. The normalized spacial score (nSPS) is 28.1. The molecule has 1 aromatic rings. The maximum absolute atomic E-state index is 11.1. The fourth-order valence-electron chi connectivity index (χ4n) is 5.79. The Bertz CT molecular complexity index is 870. The summed E-state index contributed by atoms with van der Waals surface area (Å²) in [5.74, 6) is 2.37. The van der Waals surface area contributed by atoms with E-state index < -0.39 is 18.3 Å². The molecule has 1 N–H and O–H groups in total. The molecule has 34 heavy (non-hydrogen) atoms. The van der Waals surface area contributed by atoms with Gasteiger partial charge >= 0.3 is 7.12 Å². The predicted molar refractivity (Wildman–Crippen MR) is 136 cm³/mol. The maximum Gasteiger partial charge on any atom is 0.499 e. The average Bonchev–Trinajstić information content (AvgIpc) is 2.97. The van der Waals surface area contributed by atoms with Gasteiger partial charge in [0, 0.05) is 24.6 Å². The lowest BCUT2D eigenvalue weighted by atomic mass is 9.69. The lowest BCUT2D eigenvalue weighted by Crippen LogP contribution is -2.50. The minimum atomic E-state index is -0.519. The largest absolute Gasteiger partial charge is 0.499 e. The molecule has 0 unspecified atom stereocenters. The maximum atomic E-state index is 11.1. The van der Waals surface area contributed by atoms with Crippen LogP contribution in [0.1, 0.15) is 84.9 Å². The first-order chi connectivity index (χ1) is 16.0. The number of benzene rings is 1. The van der Waals surface area contributed by atoms with Crippen LogP contribution >= 0.6 is 0 Å². The second kappa shape index (κ2) is 9.64. The van der Waals surface area contributed by atoms with Crippen LogP contribution in [0, 0.1) is 11.8 Å². The van der Waals surface area contributed by atoms with Gasteiger partial charge in [0.1, 0.15) is 0 Å². The van der Waals surface area contributed by atoms with Gasteiger partial charge in [-0.3, -0.25) is 4.90 Å². The van der Waals surface area contributed by atoms with Gasteiger partial charge in [0.05, 0.1) is 31.0 Å². The van der Waals surface area contributed by atoms with E-state index in [0.29, 0.717) is 18.4 Å². The summed E-state index contributed by atoms with van der Waals surface area (Å²) >= 11 is 0. The Morgan fingerprint density at radius 1 is 1.21 bits per heavy atom. The molecule has 4 rings (SSSR count). The molecule has 3 aliphatic rings. The number of aliphatic hydroxyl groups is 1. The summed E-state index contributed by atoms with van der Waals surface area (Å²) in [5, 5.41) is 11.1. The van der Waals surface area contributed by atoms with Crippen LogP contribution in [0.4, 0.5) is 0 Å². The van der Waals surface area contributed by atoms with Crippen molar-refractivity contribution in [3.05, 3.63) is 17.2 Å². The van der Waals surface area contributed by atoms with Crippen molar-refractivity contribution in [3.63, 3.8) is 0 Å². The Labute approximate surface area is 206 Å². The van der Waals surface area contributed by atoms with Gasteiger partial charge in [-0.2, -0.15) is 0 Å². The van der Waals surface area contributed by atoms with Gasteiger partial charge in [-0.15, -0.1) is 0 Å². The number of hydrogen-bond acceptors (Lipinski definition) is 6. The highest BCUT2D eigenvalue weighted by Crippen LogP contribution is 2.45. The van der Waals surface area contributed by atoms with Gasteiger partial charge in [0.15, 0.2) is 11.5 Å². The van der Waals surface area contributed by atoms with Crippen LogP contribution in [0.3, 0.4) is 0 Å². The fraction of sp³-hybridized carbons (Fsp3) is 0.778. The molecule has 0 amide bonds. The van der Waals surface area contributed by atoms with E-state index in [0.717, 1.165) is 55.7 Å². The van der Waals surface area contributed by atoms with Gasteiger partial charge in [-0.05, 0) is 82.4 Å². The molecule has 0 spiro atoms. The van der Waals surface area contributed by atoms with Crippen LogP contribution in [-0.2, 0) is 15.7 Å². The minimum absolute atomic E-state index is 0.164. The number of ether oxygens (including phenoxy) is 2. The minimum Gasteiger partial charge on any atom is -0.493 e. The van der Waals surface area contributed by atoms with Crippen molar-refractivity contribution in [2.24, 2.45) is 11.8 Å². The number of piperidine rings is 1. The first-order valence-electron chi connectivity index (χ1n) is 13.1. The molecule has 0 bridgehead atoms. The summed E-state index contributed by atoms with van der Waals surface area (Å²) in [6.45, 7) is 17.4. The van der Waals surface area contributed by atoms with Crippen LogP contribution in [0.2, 0.25) is 0 Å². The Balaban J connectivity index is 1.78. The van der Waals surface area contributed by atoms with Crippen LogP contribution < -0.4 is 14.9 Å². The van der Waals surface area contributed by atoms with E-state index >= 15 is 0 Å². The predicted octanol–water partition coefficient (Wildman–Crippen LogP) is 4.11. The Kier molecular flexibility index (Phi) is 7.32. The number of hydrogen-bond donors (Lipinski definition) is 1. The second-order valence-corrected chi connectivity index (χ2v) is 11.8. The van der Waals surface area contributed by atoms with Crippen LogP contribution in [0.5, 0.6) is 11.5 Å². The van der Waals surface area contributed by atoms with Crippen molar-refractivity contribution in [2.45, 2.75) is 97.5 Å². The average molecular weight is 473 g/mol. The number of nitrogens with zero attached hydrogens (tertiary/aromatic N) is 1. The SMILES string of the molecule is CCCOc1c(OC)cc2c(c1B1OC(C)(C)C(C)(C)O1)CCN1C[C@@H](CC(C)C)[C@H](O)C[C@H]21. The number of methoxy groups -OCH3 is 1. The summed E-state index contributed by atoms with van der Waals surface area (Å²) in [6, 6.07) is 2.30. The van der Waals surface area contributed by atoms with Gasteiger partial charge < -0.3 is 23.9 Å². The molecular weight excluding hydrogens is 429 g/mol. The summed E-state index contributed by atoms with van der Waals surface area (Å²) in [4.78, 5) is 2.56. The summed E-state index contributed by atoms with van der Waals surface area (Å²) in [7, 11) is 1.18. The zero-order chi connectivity index (χ0) is 24.8. The molecule has 0 radical (unpaired) electrons. The standard InChI is InChI=1S/C27H44BNO5/c1-9-12-32-25-23(31-8)14-20-19(24(25)28-33-26(4,5)27(6,7)34-28)10-11-29-16-18(13-17(2)3)22(30)15-21(20)29/h14,17-18,21-22,30H,9-13,15-16H2,1-8H3/t18-,21-,22-/m1/s1. The van der Waals surface area contributed by atoms with Crippen LogP contribution in [-0.4, -0.2) is 61.2 Å². The molecule has 7 heteroatoms. The van der Waals surface area contributed by atoms with Gasteiger partial charge in [-0.1, -0.05) is 20.8 Å². The van der Waals surface area contributed by atoms with E-state index in [4.69, 9.17) is 18.8 Å². The second-order valence-electron chi connectivity index (χ2n) is 11.8. The molecule has 190 valence electrons. The van der Waals surface area contributed by atoms with E-state index in [1.807, 2.05) is 0 Å². The van der Waals surface area contributed by atoms with E-state index in [1.54, 1.807) is 7.11 Å². The third kappa shape index (κ3) is 4.61. The third-order valence-electron chi connectivity index (χ3n) is 8.29. The number of aliphatic hydroxyl groups excluding tert-OH is 1. The van der Waals surface area contributed by atoms with Crippen molar-refractivity contribution in [3.8, 4) is 11.5 Å². The number of fused-ring (bicyclic) bond motifs is 3. The smallest absolute Gasteiger partial charge is 0.493 e. The Morgan fingerprint density at radius 2 is 1.88 bits per heavy atom. The summed E-state index contributed by atoms with van der Waals surface area (Å²) < 4.78 is 25.2.